The maximum absolute atomic E-state index is 14.4. The van der Waals surface area contributed by atoms with Gasteiger partial charge in [-0.1, -0.05) is 50.3 Å². The van der Waals surface area contributed by atoms with Crippen molar-refractivity contribution in [3.63, 3.8) is 0 Å². The van der Waals surface area contributed by atoms with Gasteiger partial charge in [-0.25, -0.2) is 0 Å². The van der Waals surface area contributed by atoms with Gasteiger partial charge in [-0.15, -0.1) is 0 Å². The number of fused-ring (bicyclic) bond motifs is 3. The number of amides is 1. The van der Waals surface area contributed by atoms with E-state index >= 15 is 0 Å². The quantitative estimate of drug-likeness (QED) is 0.244. The molecular weight excluding hydrogens is 532 g/mol. The lowest BCUT2D eigenvalue weighted by Gasteiger charge is -2.45. The molecule has 8 nitrogen and oxygen atoms in total. The van der Waals surface area contributed by atoms with E-state index in [1.807, 2.05) is 49.5 Å². The number of carbonyl (C=O) groups excluding carboxylic acids is 4. The molecule has 1 saturated carbocycles. The Morgan fingerprint density at radius 2 is 1.90 bits per heavy atom. The Morgan fingerprint density at radius 3 is 2.67 bits per heavy atom. The minimum absolute atomic E-state index is 0.0281. The highest BCUT2D eigenvalue weighted by Gasteiger charge is 2.78. The molecule has 0 bridgehead atoms. The summed E-state index contributed by atoms with van der Waals surface area (Å²) in [4.78, 5) is 57.2. The summed E-state index contributed by atoms with van der Waals surface area (Å²) in [6.45, 7) is 9.17. The molecule has 9 atom stereocenters. The fourth-order valence-corrected chi connectivity index (χ4v) is 7.97. The lowest BCUT2D eigenvalue weighted by molar-refractivity contribution is -0.149. The summed E-state index contributed by atoms with van der Waals surface area (Å²) in [5.41, 5.74) is 0.774. The van der Waals surface area contributed by atoms with Gasteiger partial charge in [0.15, 0.2) is 11.9 Å². The molecule has 220 valence electrons. The molecule has 1 aromatic heterocycles. The molecule has 1 spiro atoms. The van der Waals surface area contributed by atoms with Gasteiger partial charge in [0.05, 0.1) is 11.7 Å². The van der Waals surface area contributed by atoms with E-state index in [2.05, 4.69) is 30.2 Å². The van der Waals surface area contributed by atoms with Crippen molar-refractivity contribution in [1.29, 1.82) is 0 Å². The second-order valence-corrected chi connectivity index (χ2v) is 12.7. The second kappa shape index (κ2) is 10.2. The average molecular weight is 571 g/mol. The molecule has 2 saturated heterocycles. The number of hydrogen-bond acceptors (Lipinski definition) is 6. The van der Waals surface area contributed by atoms with Crippen molar-refractivity contribution in [2.24, 2.45) is 29.1 Å². The van der Waals surface area contributed by atoms with Crippen LogP contribution in [-0.4, -0.2) is 52.3 Å². The Hall–Kier alpha value is -3.78. The van der Waals surface area contributed by atoms with Gasteiger partial charge in [0, 0.05) is 41.9 Å². The van der Waals surface area contributed by atoms with Gasteiger partial charge < -0.3 is 19.8 Å². The summed E-state index contributed by atoms with van der Waals surface area (Å²) in [5.74, 6) is -2.80. The van der Waals surface area contributed by atoms with Crippen LogP contribution in [0.15, 0.2) is 66.4 Å². The molecule has 0 radical (unpaired) electrons. The zero-order chi connectivity index (χ0) is 30.0. The maximum Gasteiger partial charge on any atom is 0.303 e. The third-order valence-electron chi connectivity index (χ3n) is 10.1. The molecule has 3 fully saturated rings. The monoisotopic (exact) mass is 570 g/mol. The topological polar surface area (TPSA) is 118 Å². The van der Waals surface area contributed by atoms with Gasteiger partial charge in [0.25, 0.3) is 0 Å². The molecule has 42 heavy (non-hydrogen) atoms. The van der Waals surface area contributed by atoms with Crippen molar-refractivity contribution in [2.45, 2.75) is 71.3 Å². The number of epoxide rings is 1. The van der Waals surface area contributed by atoms with Crippen LogP contribution < -0.4 is 5.32 Å². The number of rotatable bonds is 3. The molecule has 2 N–H and O–H groups in total. The number of ketones is 2. The third kappa shape index (κ3) is 4.30. The Kier molecular flexibility index (Phi) is 6.88. The highest BCUT2D eigenvalue weighted by Crippen LogP contribution is 2.66. The molecule has 1 aromatic carbocycles. The number of nitrogens with one attached hydrogen (secondary N) is 2. The Labute approximate surface area is 245 Å². The largest absolute Gasteiger partial charge is 0.450 e. The zero-order valence-electron chi connectivity index (χ0n) is 24.7. The van der Waals surface area contributed by atoms with Gasteiger partial charge in [-0.2, -0.15) is 0 Å². The van der Waals surface area contributed by atoms with Crippen LogP contribution in [-0.2, 0) is 35.1 Å². The molecule has 6 rings (SSSR count). The molecule has 2 aliphatic carbocycles. The molecule has 8 heteroatoms. The van der Waals surface area contributed by atoms with Gasteiger partial charge in [-0.05, 0) is 67.9 Å². The minimum atomic E-state index is -1.44. The predicted octanol–water partition coefficient (Wildman–Crippen LogP) is 4.40. The van der Waals surface area contributed by atoms with E-state index in [0.29, 0.717) is 18.4 Å². The van der Waals surface area contributed by atoms with Crippen LogP contribution in [0, 0.1) is 29.1 Å². The SMILES string of the molecule is CC(=O)O[C@H]1C(=O)C=CC(=O)[C@@]23C(=O)N[C@@H](Cc4c[nH]c5ccccc45)[C@@H]2[C@H](C)[C@@]2(C)OC2[C@@H]3C=CC[C@H](C)C=C1C. The van der Waals surface area contributed by atoms with Gasteiger partial charge in [0.1, 0.15) is 5.41 Å². The van der Waals surface area contributed by atoms with Crippen molar-refractivity contribution in [3.05, 3.63) is 72.0 Å². The molecule has 4 aliphatic rings. The van der Waals surface area contributed by atoms with Crippen LogP contribution in [0.2, 0.25) is 0 Å². The summed E-state index contributed by atoms with van der Waals surface area (Å²) in [5, 5.41) is 4.32. The molecule has 2 aromatic rings. The van der Waals surface area contributed by atoms with Crippen molar-refractivity contribution < 1.29 is 28.7 Å². The van der Waals surface area contributed by atoms with Crippen LogP contribution in [0.25, 0.3) is 10.9 Å². The first-order valence-electron chi connectivity index (χ1n) is 14.8. The number of H-pyrrole nitrogens is 1. The summed E-state index contributed by atoms with van der Waals surface area (Å²) in [7, 11) is 0. The van der Waals surface area contributed by atoms with E-state index in [9.17, 15) is 19.2 Å². The van der Waals surface area contributed by atoms with E-state index < -0.39 is 40.6 Å². The number of esters is 1. The smallest absolute Gasteiger partial charge is 0.303 e. The van der Waals surface area contributed by atoms with Crippen LogP contribution >= 0.6 is 0 Å². The first-order chi connectivity index (χ1) is 20.0. The fourth-order valence-electron chi connectivity index (χ4n) is 7.97. The summed E-state index contributed by atoms with van der Waals surface area (Å²) >= 11 is 0. The van der Waals surface area contributed by atoms with Crippen molar-refractivity contribution in [2.75, 3.05) is 0 Å². The summed E-state index contributed by atoms with van der Waals surface area (Å²) in [6.07, 6.45) is 10.1. The van der Waals surface area contributed by atoms with Crippen LogP contribution in [0.5, 0.6) is 0 Å². The van der Waals surface area contributed by atoms with Crippen LogP contribution in [0.3, 0.4) is 0 Å². The molecule has 2 aliphatic heterocycles. The van der Waals surface area contributed by atoms with Gasteiger partial charge in [-0.3, -0.25) is 19.2 Å². The molecule has 3 heterocycles. The number of hydrogen-bond donors (Lipinski definition) is 2. The number of aromatic nitrogens is 1. The van der Waals surface area contributed by atoms with Gasteiger partial charge in [0.2, 0.25) is 11.7 Å². The normalized spacial score (nSPS) is 37.9. The maximum atomic E-state index is 14.4. The lowest BCUT2D eigenvalue weighted by Crippen LogP contribution is -2.58. The Balaban J connectivity index is 1.45. The van der Waals surface area contributed by atoms with E-state index in [1.54, 1.807) is 6.92 Å². The Bertz CT molecular complexity index is 1570. The number of benzene rings is 1. The number of aromatic amines is 1. The fraction of sp³-hybridized carbons (Fsp3) is 0.471. The van der Waals surface area contributed by atoms with Crippen molar-refractivity contribution in [1.82, 2.24) is 10.3 Å². The molecular formula is C34H38N2O6. The first-order valence-corrected chi connectivity index (χ1v) is 14.8. The Morgan fingerprint density at radius 1 is 1.14 bits per heavy atom. The van der Waals surface area contributed by atoms with E-state index in [-0.39, 0.29) is 35.8 Å². The first kappa shape index (κ1) is 28.3. The predicted molar refractivity (Wildman–Crippen MR) is 157 cm³/mol. The zero-order valence-corrected chi connectivity index (χ0v) is 24.7. The number of allylic oxidation sites excluding steroid dienone is 3. The molecule has 1 unspecified atom stereocenters. The van der Waals surface area contributed by atoms with Crippen molar-refractivity contribution >= 4 is 34.3 Å². The number of para-hydroxylation sites is 1. The third-order valence-corrected chi connectivity index (χ3v) is 10.1. The van der Waals surface area contributed by atoms with Crippen LogP contribution in [0.1, 0.15) is 46.6 Å². The van der Waals surface area contributed by atoms with E-state index in [4.69, 9.17) is 9.47 Å². The standard InChI is InChI=1S/C34H38N2O6/c1-18-9-8-11-24-31-33(5,42-31)20(3)29-26(16-22-17-35-25-12-7-6-10-23(22)25)36-32(40)34(24,29)28(39)14-13-27(38)30(19(2)15-18)41-21(4)37/h6-8,10-15,17-18,20,24,26,29-31,35H,9,16H2,1-5H3,(H,36,40)/t18-,20-,24-,26-,29-,30+,31?,33+,34+/m0/s1. The number of ether oxygens (including phenoxy) is 2. The minimum Gasteiger partial charge on any atom is -0.450 e. The van der Waals surface area contributed by atoms with E-state index in [1.165, 1.54) is 19.1 Å². The summed E-state index contributed by atoms with van der Waals surface area (Å²) in [6, 6.07) is 7.72. The average Bonchev–Trinajstić information content (AvgIpc) is 3.35. The second-order valence-electron chi connectivity index (χ2n) is 12.7. The number of carbonyl (C=O) groups is 4. The van der Waals surface area contributed by atoms with Gasteiger partial charge >= 0.3 is 5.97 Å². The van der Waals surface area contributed by atoms with Crippen LogP contribution in [0.4, 0.5) is 0 Å². The molecule has 1 amide bonds. The highest BCUT2D eigenvalue weighted by atomic mass is 16.6. The van der Waals surface area contributed by atoms with E-state index in [0.717, 1.165) is 16.5 Å². The highest BCUT2D eigenvalue weighted by molar-refractivity contribution is 6.15. The lowest BCUT2D eigenvalue weighted by atomic mass is 9.51. The van der Waals surface area contributed by atoms with Crippen molar-refractivity contribution in [3.8, 4) is 0 Å². The summed E-state index contributed by atoms with van der Waals surface area (Å²) < 4.78 is 11.7.